The molecule has 1 saturated heterocycles. The molecule has 0 aliphatic carbocycles. The third kappa shape index (κ3) is 3.15. The highest BCUT2D eigenvalue weighted by atomic mass is 32.1. The lowest BCUT2D eigenvalue weighted by Crippen LogP contribution is -2.40. The van der Waals surface area contributed by atoms with E-state index in [1.54, 1.807) is 13.3 Å². The van der Waals surface area contributed by atoms with Crippen LogP contribution in [0.5, 0.6) is 5.88 Å². The number of β-amino-alcohol motifs (C(OH)–C–C–N with tert-alkyl or cyclic N) is 1. The molecule has 3 aromatic rings. The summed E-state index contributed by atoms with van der Waals surface area (Å²) < 4.78 is 7.34. The Hall–Kier alpha value is -2.23. The van der Waals surface area contributed by atoms with Gasteiger partial charge < -0.3 is 20.5 Å². The molecule has 1 aliphatic rings. The third-order valence-corrected chi connectivity index (χ3v) is 5.98. The van der Waals surface area contributed by atoms with E-state index in [9.17, 15) is 5.11 Å². The molecule has 3 N–H and O–H groups in total. The van der Waals surface area contributed by atoms with Gasteiger partial charge in [0.15, 0.2) is 0 Å². The molecule has 4 rings (SSSR count). The second-order valence-electron chi connectivity index (χ2n) is 7.27. The van der Waals surface area contributed by atoms with Crippen molar-refractivity contribution in [1.82, 2.24) is 19.6 Å². The molecule has 1 aliphatic heterocycles. The van der Waals surface area contributed by atoms with Crippen molar-refractivity contribution in [3.63, 3.8) is 0 Å². The Bertz CT molecular complexity index is 968. The van der Waals surface area contributed by atoms with Gasteiger partial charge in [0, 0.05) is 18.8 Å². The number of imidazole rings is 1. The number of anilines is 1. The molecule has 3 aromatic heterocycles. The van der Waals surface area contributed by atoms with Crippen LogP contribution in [-0.4, -0.2) is 57.0 Å². The fourth-order valence-electron chi connectivity index (χ4n) is 3.31. The summed E-state index contributed by atoms with van der Waals surface area (Å²) in [5, 5.41) is 15.9. The maximum atomic E-state index is 10.4. The highest BCUT2D eigenvalue weighted by Gasteiger charge is 2.36. The van der Waals surface area contributed by atoms with Crippen LogP contribution in [0.2, 0.25) is 0 Å². The Morgan fingerprint density at radius 3 is 2.89 bits per heavy atom. The predicted octanol–water partition coefficient (Wildman–Crippen LogP) is 1.88. The van der Waals surface area contributed by atoms with E-state index in [1.165, 1.54) is 11.3 Å². The van der Waals surface area contributed by atoms with Crippen LogP contribution in [0.4, 0.5) is 5.13 Å². The average molecular weight is 388 g/mol. The number of aromatic nitrogens is 4. The second-order valence-corrected chi connectivity index (χ2v) is 8.20. The number of pyridine rings is 1. The summed E-state index contributed by atoms with van der Waals surface area (Å²) in [5.74, 6) is 0.886. The summed E-state index contributed by atoms with van der Waals surface area (Å²) in [5.41, 5.74) is 7.53. The SMILES string of the molecule is COc1nc(C(C)C)ccc1-c1cnc2sc(N3CC[C@@](O)(CN)C3)nn12. The fourth-order valence-corrected chi connectivity index (χ4v) is 4.21. The van der Waals surface area contributed by atoms with Crippen molar-refractivity contribution in [2.45, 2.75) is 31.8 Å². The summed E-state index contributed by atoms with van der Waals surface area (Å²) in [4.78, 5) is 12.0. The van der Waals surface area contributed by atoms with Crippen molar-refractivity contribution < 1.29 is 9.84 Å². The molecule has 0 unspecified atom stereocenters. The zero-order chi connectivity index (χ0) is 19.2. The van der Waals surface area contributed by atoms with Gasteiger partial charge in [0.25, 0.3) is 0 Å². The highest BCUT2D eigenvalue weighted by molar-refractivity contribution is 7.20. The largest absolute Gasteiger partial charge is 0.480 e. The number of nitrogens with zero attached hydrogens (tertiary/aromatic N) is 5. The van der Waals surface area contributed by atoms with Crippen LogP contribution < -0.4 is 15.4 Å². The number of hydrogen-bond acceptors (Lipinski definition) is 8. The number of aliphatic hydroxyl groups is 1. The van der Waals surface area contributed by atoms with Gasteiger partial charge in [-0.15, -0.1) is 5.10 Å². The Kier molecular flexibility index (Phi) is 4.53. The molecule has 0 spiro atoms. The van der Waals surface area contributed by atoms with Gasteiger partial charge in [0.2, 0.25) is 16.0 Å². The van der Waals surface area contributed by atoms with E-state index in [0.29, 0.717) is 24.8 Å². The Labute approximate surface area is 161 Å². The summed E-state index contributed by atoms with van der Waals surface area (Å²) in [6.45, 7) is 5.67. The van der Waals surface area contributed by atoms with E-state index in [2.05, 4.69) is 28.7 Å². The first-order valence-corrected chi connectivity index (χ1v) is 9.83. The van der Waals surface area contributed by atoms with E-state index in [4.69, 9.17) is 15.6 Å². The molecule has 1 atom stereocenters. The lowest BCUT2D eigenvalue weighted by molar-refractivity contribution is 0.0725. The molecule has 4 heterocycles. The predicted molar refractivity (Wildman–Crippen MR) is 106 cm³/mol. The number of nitrogens with two attached hydrogens (primary N) is 1. The van der Waals surface area contributed by atoms with E-state index < -0.39 is 5.60 Å². The van der Waals surface area contributed by atoms with Crippen LogP contribution >= 0.6 is 11.3 Å². The van der Waals surface area contributed by atoms with Crippen molar-refractivity contribution >= 4 is 21.4 Å². The summed E-state index contributed by atoms with van der Waals surface area (Å²) in [6, 6.07) is 4.02. The minimum atomic E-state index is -0.837. The van der Waals surface area contributed by atoms with Crippen LogP contribution in [0.25, 0.3) is 16.2 Å². The van der Waals surface area contributed by atoms with Gasteiger partial charge in [-0.2, -0.15) is 0 Å². The van der Waals surface area contributed by atoms with Crippen LogP contribution in [-0.2, 0) is 0 Å². The Morgan fingerprint density at radius 1 is 1.41 bits per heavy atom. The third-order valence-electron chi connectivity index (χ3n) is 5.00. The lowest BCUT2D eigenvalue weighted by atomic mass is 10.0. The van der Waals surface area contributed by atoms with Crippen molar-refractivity contribution in [3.8, 4) is 17.1 Å². The van der Waals surface area contributed by atoms with Crippen molar-refractivity contribution in [1.29, 1.82) is 0 Å². The van der Waals surface area contributed by atoms with Crippen LogP contribution in [0.1, 0.15) is 31.9 Å². The van der Waals surface area contributed by atoms with Crippen LogP contribution in [0.15, 0.2) is 18.3 Å². The summed E-state index contributed by atoms with van der Waals surface area (Å²) >= 11 is 1.50. The molecule has 144 valence electrons. The van der Waals surface area contributed by atoms with Crippen LogP contribution in [0, 0.1) is 0 Å². The minimum absolute atomic E-state index is 0.252. The first kappa shape index (κ1) is 18.1. The topological polar surface area (TPSA) is 102 Å². The first-order chi connectivity index (χ1) is 12.9. The Balaban J connectivity index is 1.71. The Morgan fingerprint density at radius 2 is 2.22 bits per heavy atom. The zero-order valence-electron chi connectivity index (χ0n) is 15.7. The minimum Gasteiger partial charge on any atom is -0.480 e. The summed E-state index contributed by atoms with van der Waals surface area (Å²) in [7, 11) is 1.62. The number of rotatable bonds is 5. The normalized spacial score (nSPS) is 20.1. The van der Waals surface area contributed by atoms with Gasteiger partial charge >= 0.3 is 0 Å². The molecule has 27 heavy (non-hydrogen) atoms. The van der Waals surface area contributed by atoms with Crippen molar-refractivity contribution in [3.05, 3.63) is 24.0 Å². The number of ether oxygens (including phenoxy) is 1. The van der Waals surface area contributed by atoms with Crippen LogP contribution in [0.3, 0.4) is 0 Å². The molecular weight excluding hydrogens is 364 g/mol. The molecule has 0 aromatic carbocycles. The number of methoxy groups -OCH3 is 1. The van der Waals surface area contributed by atoms with E-state index in [0.717, 1.165) is 33.6 Å². The monoisotopic (exact) mass is 388 g/mol. The van der Waals surface area contributed by atoms with Gasteiger partial charge in [-0.3, -0.25) is 0 Å². The highest BCUT2D eigenvalue weighted by Crippen LogP contribution is 2.34. The van der Waals surface area contributed by atoms with Gasteiger partial charge in [-0.1, -0.05) is 25.2 Å². The maximum Gasteiger partial charge on any atom is 0.222 e. The molecule has 0 amide bonds. The molecule has 0 radical (unpaired) electrons. The zero-order valence-corrected chi connectivity index (χ0v) is 16.5. The summed E-state index contributed by atoms with van der Waals surface area (Å²) in [6.07, 6.45) is 2.43. The first-order valence-electron chi connectivity index (χ1n) is 9.01. The molecule has 1 fully saturated rings. The van der Waals surface area contributed by atoms with Gasteiger partial charge in [-0.05, 0) is 24.5 Å². The van der Waals surface area contributed by atoms with E-state index in [1.807, 2.05) is 16.6 Å². The van der Waals surface area contributed by atoms with Crippen molar-refractivity contribution in [2.75, 3.05) is 31.6 Å². The van der Waals surface area contributed by atoms with Gasteiger partial charge in [0.1, 0.15) is 0 Å². The molecule has 0 bridgehead atoms. The van der Waals surface area contributed by atoms with E-state index in [-0.39, 0.29) is 6.54 Å². The lowest BCUT2D eigenvalue weighted by Gasteiger charge is -2.20. The smallest absolute Gasteiger partial charge is 0.222 e. The average Bonchev–Trinajstić information content (AvgIpc) is 3.35. The van der Waals surface area contributed by atoms with Gasteiger partial charge in [-0.25, -0.2) is 14.5 Å². The molecular formula is C18H24N6O2S. The molecule has 0 saturated carbocycles. The second kappa shape index (κ2) is 6.74. The van der Waals surface area contributed by atoms with Crippen molar-refractivity contribution in [2.24, 2.45) is 5.73 Å². The number of hydrogen-bond donors (Lipinski definition) is 2. The van der Waals surface area contributed by atoms with Gasteiger partial charge in [0.05, 0.1) is 36.7 Å². The molecule has 8 nitrogen and oxygen atoms in total. The quantitative estimate of drug-likeness (QED) is 0.688. The number of fused-ring (bicyclic) bond motifs is 1. The maximum absolute atomic E-state index is 10.4. The van der Waals surface area contributed by atoms with E-state index >= 15 is 0 Å². The fraction of sp³-hybridized carbons (Fsp3) is 0.500. The standard InChI is InChI=1S/C18H24N6O2S/c1-11(2)13-5-4-12(15(21-13)26-3)14-8-20-16-24(14)22-17(27-16)23-7-6-18(25,9-19)10-23/h4-5,8,11,25H,6-7,9-10,19H2,1-3H3/t18-/m1/s1. The molecule has 9 heteroatoms.